The Kier molecular flexibility index (Phi) is 9.48. The Balaban J connectivity index is 1.66. The summed E-state index contributed by atoms with van der Waals surface area (Å²) in [7, 11) is 4.89. The van der Waals surface area contributed by atoms with Gasteiger partial charge in [0.1, 0.15) is 17.4 Å². The van der Waals surface area contributed by atoms with Crippen LogP contribution < -0.4 is 10.5 Å². The number of rotatable bonds is 3. The van der Waals surface area contributed by atoms with Crippen LogP contribution in [0.15, 0.2) is 54.2 Å². The summed E-state index contributed by atoms with van der Waals surface area (Å²) < 4.78 is 5.39. The minimum atomic E-state index is -0.200. The van der Waals surface area contributed by atoms with E-state index in [1.165, 1.54) is 7.11 Å². The summed E-state index contributed by atoms with van der Waals surface area (Å²) in [6, 6.07) is 12.7. The van der Waals surface area contributed by atoms with Gasteiger partial charge in [-0.05, 0) is 89.4 Å². The van der Waals surface area contributed by atoms with Gasteiger partial charge in [0.25, 0.3) is 0 Å². The molecular weight excluding hydrogens is 569 g/mol. The second-order valence-electron chi connectivity index (χ2n) is 11.0. The topological polar surface area (TPSA) is 123 Å². The van der Waals surface area contributed by atoms with Crippen LogP contribution in [0.3, 0.4) is 0 Å². The normalized spacial score (nSPS) is 21.7. The van der Waals surface area contributed by atoms with Crippen molar-refractivity contribution in [2.24, 2.45) is 5.92 Å². The number of ketones is 2. The SMILES string of the molecule is CCC1CCC(=O)CC(=O)C2=Cc3cc(OC)c(O)cc3C(CC2)c2cnc(N)c(c2)C(c2cccc(O)c2)SSC1. The monoisotopic (exact) mass is 604 g/mol. The standard InChI is InChI=1S/C33H36N2O5S2/c1-3-19-7-9-25(37)15-29(38)20-8-10-26(27-16-30(39)31(40-2)14-22(27)11-20)23-13-28(33(34)35-17-23)32(42-41-18-19)21-5-4-6-24(36)12-21/h4-6,11-14,16-17,19,26,32,36,39H,3,7-10,15,18H2,1-2H3,(H2,34,35). The van der Waals surface area contributed by atoms with Gasteiger partial charge in [0.2, 0.25) is 0 Å². The third-order valence-electron chi connectivity index (χ3n) is 8.21. The van der Waals surface area contributed by atoms with Crippen molar-refractivity contribution in [2.75, 3.05) is 18.6 Å². The number of aromatic nitrogens is 1. The van der Waals surface area contributed by atoms with E-state index in [1.54, 1.807) is 52.1 Å². The van der Waals surface area contributed by atoms with E-state index in [2.05, 4.69) is 18.0 Å². The maximum Gasteiger partial charge on any atom is 0.166 e. The first kappa shape index (κ1) is 30.0. The highest BCUT2D eigenvalue weighted by Gasteiger charge is 2.29. The lowest BCUT2D eigenvalue weighted by Crippen LogP contribution is -2.12. The molecule has 0 spiro atoms. The molecule has 7 nitrogen and oxygen atoms in total. The summed E-state index contributed by atoms with van der Waals surface area (Å²) in [6.45, 7) is 2.13. The third-order valence-corrected chi connectivity index (χ3v) is 11.1. The van der Waals surface area contributed by atoms with Crippen LogP contribution in [0, 0.1) is 5.92 Å². The molecule has 1 aliphatic carbocycles. The highest BCUT2D eigenvalue weighted by atomic mass is 33.1. The fraction of sp³-hybridized carbons (Fsp3) is 0.364. The molecule has 0 saturated heterocycles. The molecule has 0 radical (unpaired) electrons. The van der Waals surface area contributed by atoms with Crippen molar-refractivity contribution in [3.05, 3.63) is 82.1 Å². The van der Waals surface area contributed by atoms with Crippen LogP contribution in [-0.2, 0) is 9.59 Å². The molecular formula is C33H36N2O5S2. The van der Waals surface area contributed by atoms with Crippen LogP contribution in [0.25, 0.3) is 6.08 Å². The molecule has 1 aromatic heterocycles. The van der Waals surface area contributed by atoms with Crippen LogP contribution in [0.5, 0.6) is 17.2 Å². The van der Waals surface area contributed by atoms with E-state index >= 15 is 0 Å². The van der Waals surface area contributed by atoms with Gasteiger partial charge < -0.3 is 20.7 Å². The summed E-state index contributed by atoms with van der Waals surface area (Å²) in [5.41, 5.74) is 11.4. The molecule has 2 aromatic carbocycles. The average molecular weight is 605 g/mol. The Labute approximate surface area is 254 Å². The number of nitrogen functional groups attached to an aromatic ring is 1. The van der Waals surface area contributed by atoms with Gasteiger partial charge >= 0.3 is 0 Å². The molecule has 2 aliphatic rings. The number of hydrogen-bond donors (Lipinski definition) is 3. The van der Waals surface area contributed by atoms with Crippen molar-refractivity contribution < 1.29 is 24.5 Å². The molecule has 0 amide bonds. The minimum Gasteiger partial charge on any atom is -0.508 e. The zero-order valence-corrected chi connectivity index (χ0v) is 25.5. The lowest BCUT2D eigenvalue weighted by Gasteiger charge is -2.23. The molecule has 0 fully saturated rings. The predicted octanol–water partition coefficient (Wildman–Crippen LogP) is 7.21. The number of fused-ring (bicyclic) bond motifs is 8. The Hall–Kier alpha value is -3.43. The van der Waals surface area contributed by atoms with E-state index in [9.17, 15) is 19.8 Å². The lowest BCUT2D eigenvalue weighted by atomic mass is 9.85. The number of phenolic OH excluding ortho intramolecular Hbond substituents is 2. The van der Waals surface area contributed by atoms with Crippen molar-refractivity contribution in [1.82, 2.24) is 4.98 Å². The number of nitrogens with two attached hydrogens (primary N) is 1. The number of carbonyl (C=O) groups is 2. The van der Waals surface area contributed by atoms with E-state index in [1.807, 2.05) is 18.2 Å². The van der Waals surface area contributed by atoms with E-state index in [4.69, 9.17) is 10.5 Å². The quantitative estimate of drug-likeness (QED) is 0.210. The first-order chi connectivity index (χ1) is 20.3. The highest BCUT2D eigenvalue weighted by molar-refractivity contribution is 8.76. The van der Waals surface area contributed by atoms with Gasteiger partial charge in [0.05, 0.1) is 18.8 Å². The number of benzene rings is 2. The molecule has 4 N–H and O–H groups in total. The van der Waals surface area contributed by atoms with E-state index in [0.717, 1.165) is 46.4 Å². The number of nitrogens with zero attached hydrogens (tertiary/aromatic N) is 1. The number of pyridine rings is 1. The third kappa shape index (κ3) is 6.63. The van der Waals surface area contributed by atoms with Crippen molar-refractivity contribution in [2.45, 2.75) is 56.6 Å². The van der Waals surface area contributed by atoms with Crippen molar-refractivity contribution >= 4 is 45.0 Å². The van der Waals surface area contributed by atoms with Crippen LogP contribution in [-0.4, -0.2) is 39.6 Å². The summed E-state index contributed by atoms with van der Waals surface area (Å²) in [5, 5.41) is 20.8. The minimum absolute atomic E-state index is 0.0143. The molecule has 2 heterocycles. The Morgan fingerprint density at radius 2 is 1.88 bits per heavy atom. The average Bonchev–Trinajstić information content (AvgIpc) is 3.16. The predicted molar refractivity (Wildman–Crippen MR) is 170 cm³/mol. The van der Waals surface area contributed by atoms with Crippen LogP contribution in [0.4, 0.5) is 5.82 Å². The summed E-state index contributed by atoms with van der Waals surface area (Å²) in [5.74, 6) is 1.71. The number of carbonyl (C=O) groups excluding carboxylic acids is 2. The van der Waals surface area contributed by atoms with Gasteiger partial charge in [0.15, 0.2) is 17.3 Å². The van der Waals surface area contributed by atoms with E-state index in [-0.39, 0.29) is 40.7 Å². The number of hydrogen-bond acceptors (Lipinski definition) is 9. The maximum atomic E-state index is 13.4. The first-order valence-electron chi connectivity index (χ1n) is 14.3. The van der Waals surface area contributed by atoms with E-state index < -0.39 is 0 Å². The molecule has 3 atom stereocenters. The molecule has 3 aromatic rings. The second kappa shape index (κ2) is 13.3. The molecule has 9 heteroatoms. The van der Waals surface area contributed by atoms with Crippen LogP contribution in [0.2, 0.25) is 0 Å². The lowest BCUT2D eigenvalue weighted by molar-refractivity contribution is -0.125. The molecule has 5 rings (SSSR count). The fourth-order valence-electron chi connectivity index (χ4n) is 5.71. The van der Waals surface area contributed by atoms with Crippen molar-refractivity contribution in [3.63, 3.8) is 0 Å². The number of methoxy groups -OCH3 is 1. The Morgan fingerprint density at radius 3 is 2.64 bits per heavy atom. The molecule has 220 valence electrons. The maximum absolute atomic E-state index is 13.4. The Bertz CT molecular complexity index is 1520. The van der Waals surface area contributed by atoms with Crippen molar-refractivity contribution in [1.29, 1.82) is 0 Å². The number of Topliss-reactive ketones (excluding diaryl/α,β-unsaturated/α-hetero) is 2. The molecule has 0 saturated carbocycles. The van der Waals surface area contributed by atoms with Gasteiger partial charge in [-0.25, -0.2) is 4.98 Å². The molecule has 1 aliphatic heterocycles. The molecule has 4 bridgehead atoms. The molecule has 3 unspecified atom stereocenters. The second-order valence-corrected chi connectivity index (χ2v) is 13.5. The first-order valence-corrected chi connectivity index (χ1v) is 16.6. The fourth-order valence-corrected chi connectivity index (χ4v) is 8.94. The number of phenols is 2. The summed E-state index contributed by atoms with van der Waals surface area (Å²) >= 11 is 0. The number of aromatic hydroxyl groups is 2. The van der Waals surface area contributed by atoms with Gasteiger partial charge in [-0.2, -0.15) is 0 Å². The van der Waals surface area contributed by atoms with E-state index in [0.29, 0.717) is 42.3 Å². The summed E-state index contributed by atoms with van der Waals surface area (Å²) in [6.07, 6.45) is 6.61. The van der Waals surface area contributed by atoms with Gasteiger partial charge in [0, 0.05) is 29.9 Å². The van der Waals surface area contributed by atoms with Crippen LogP contribution >= 0.6 is 21.6 Å². The van der Waals surface area contributed by atoms with Crippen LogP contribution in [0.1, 0.15) is 84.4 Å². The Morgan fingerprint density at radius 1 is 1.05 bits per heavy atom. The number of ether oxygens (including phenoxy) is 1. The van der Waals surface area contributed by atoms with Gasteiger partial charge in [-0.15, -0.1) is 0 Å². The number of allylic oxidation sites excluding steroid dienone is 1. The van der Waals surface area contributed by atoms with Gasteiger partial charge in [-0.3, -0.25) is 9.59 Å². The van der Waals surface area contributed by atoms with Gasteiger partial charge in [-0.1, -0.05) is 47.1 Å². The highest BCUT2D eigenvalue weighted by Crippen LogP contribution is 2.48. The largest absolute Gasteiger partial charge is 0.508 e. The number of anilines is 1. The zero-order valence-electron chi connectivity index (χ0n) is 23.8. The zero-order chi connectivity index (χ0) is 29.8. The van der Waals surface area contributed by atoms with Crippen molar-refractivity contribution in [3.8, 4) is 17.2 Å². The smallest absolute Gasteiger partial charge is 0.166 e. The molecule has 42 heavy (non-hydrogen) atoms. The summed E-state index contributed by atoms with van der Waals surface area (Å²) in [4.78, 5) is 30.9.